The lowest BCUT2D eigenvalue weighted by Crippen LogP contribution is -2.50. The van der Waals surface area contributed by atoms with Crippen LogP contribution in [0.25, 0.3) is 0 Å². The van der Waals surface area contributed by atoms with Crippen molar-refractivity contribution in [1.29, 1.82) is 0 Å². The minimum atomic E-state index is -0.606. The third-order valence-corrected chi connectivity index (χ3v) is 3.82. The quantitative estimate of drug-likeness (QED) is 0.732. The fraction of sp³-hybridized carbons (Fsp3) is 0.909. The average molecular weight is 197 g/mol. The highest BCUT2D eigenvalue weighted by Gasteiger charge is 2.35. The molecule has 2 fully saturated rings. The van der Waals surface area contributed by atoms with Gasteiger partial charge in [0.1, 0.15) is 0 Å². The number of carboxylic acid groups (broad SMARTS) is 1. The molecule has 1 aliphatic carbocycles. The number of carbonyl (C=O) groups is 1. The molecule has 2 rings (SSSR count). The van der Waals surface area contributed by atoms with Crippen LogP contribution in [0.4, 0.5) is 0 Å². The van der Waals surface area contributed by atoms with Crippen molar-refractivity contribution in [2.24, 2.45) is 5.92 Å². The van der Waals surface area contributed by atoms with E-state index in [-0.39, 0.29) is 5.92 Å². The number of aliphatic carboxylic acids is 1. The summed E-state index contributed by atoms with van der Waals surface area (Å²) in [5.74, 6) is -0.702. The second-order valence-corrected chi connectivity index (χ2v) is 4.73. The van der Waals surface area contributed by atoms with Crippen LogP contribution in [-0.2, 0) is 4.79 Å². The molecular formula is C11H19NO2. The Balaban J connectivity index is 1.89. The maximum absolute atomic E-state index is 10.8. The monoisotopic (exact) mass is 197 g/mol. The highest BCUT2D eigenvalue weighted by atomic mass is 16.4. The van der Waals surface area contributed by atoms with Gasteiger partial charge in [-0.05, 0) is 39.2 Å². The molecule has 1 heterocycles. The van der Waals surface area contributed by atoms with Crippen LogP contribution >= 0.6 is 0 Å². The van der Waals surface area contributed by atoms with E-state index in [1.54, 1.807) is 0 Å². The number of hydrogen-bond donors (Lipinski definition) is 1. The Kier molecular flexibility index (Phi) is 2.77. The van der Waals surface area contributed by atoms with E-state index in [1.807, 2.05) is 0 Å². The number of carboxylic acids is 1. The molecule has 1 N–H and O–H groups in total. The molecule has 14 heavy (non-hydrogen) atoms. The van der Waals surface area contributed by atoms with E-state index in [0.717, 1.165) is 25.4 Å². The summed E-state index contributed by atoms with van der Waals surface area (Å²) in [6.07, 6.45) is 5.68. The standard InChI is InChI=1S/C11H19NO2/c1-8-7-9(11(13)14)5-6-12(8)10-3-2-4-10/h8-10H,2-7H2,1H3,(H,13,14). The molecule has 1 saturated carbocycles. The summed E-state index contributed by atoms with van der Waals surface area (Å²) < 4.78 is 0. The van der Waals surface area contributed by atoms with Crippen LogP contribution in [0.3, 0.4) is 0 Å². The first kappa shape index (κ1) is 9.97. The summed E-state index contributed by atoms with van der Waals surface area (Å²) in [4.78, 5) is 13.4. The van der Waals surface area contributed by atoms with Gasteiger partial charge in [-0.2, -0.15) is 0 Å². The summed E-state index contributed by atoms with van der Waals surface area (Å²) in [6, 6.07) is 1.23. The van der Waals surface area contributed by atoms with Gasteiger partial charge in [0.25, 0.3) is 0 Å². The molecule has 0 aromatic carbocycles. The van der Waals surface area contributed by atoms with Crippen LogP contribution in [0.2, 0.25) is 0 Å². The zero-order valence-corrected chi connectivity index (χ0v) is 8.78. The van der Waals surface area contributed by atoms with Gasteiger partial charge < -0.3 is 5.11 Å². The Hall–Kier alpha value is -0.570. The van der Waals surface area contributed by atoms with Gasteiger partial charge in [0.2, 0.25) is 0 Å². The van der Waals surface area contributed by atoms with Crippen molar-refractivity contribution in [3.8, 4) is 0 Å². The lowest BCUT2D eigenvalue weighted by molar-refractivity contribution is -0.144. The average Bonchev–Trinajstić information content (AvgIpc) is 2.04. The minimum Gasteiger partial charge on any atom is -0.481 e. The first-order valence-corrected chi connectivity index (χ1v) is 5.67. The van der Waals surface area contributed by atoms with Gasteiger partial charge in [0.05, 0.1) is 5.92 Å². The molecule has 0 aromatic heterocycles. The Morgan fingerprint density at radius 1 is 1.36 bits per heavy atom. The van der Waals surface area contributed by atoms with Crippen molar-refractivity contribution < 1.29 is 9.90 Å². The van der Waals surface area contributed by atoms with Crippen LogP contribution in [0, 0.1) is 5.92 Å². The van der Waals surface area contributed by atoms with E-state index < -0.39 is 5.97 Å². The number of likely N-dealkylation sites (tertiary alicyclic amines) is 1. The Morgan fingerprint density at radius 3 is 2.50 bits per heavy atom. The molecule has 3 nitrogen and oxygen atoms in total. The molecule has 0 amide bonds. The fourth-order valence-electron chi connectivity index (χ4n) is 2.68. The molecule has 1 saturated heterocycles. The molecule has 2 unspecified atom stereocenters. The van der Waals surface area contributed by atoms with Crippen LogP contribution in [-0.4, -0.2) is 34.6 Å². The van der Waals surface area contributed by atoms with Gasteiger partial charge in [0, 0.05) is 12.1 Å². The number of nitrogens with zero attached hydrogens (tertiary/aromatic N) is 1. The third-order valence-electron chi connectivity index (χ3n) is 3.82. The molecule has 1 aliphatic heterocycles. The second kappa shape index (κ2) is 3.89. The van der Waals surface area contributed by atoms with Crippen molar-refractivity contribution in [2.75, 3.05) is 6.54 Å². The van der Waals surface area contributed by atoms with E-state index >= 15 is 0 Å². The predicted molar refractivity (Wildman–Crippen MR) is 54.2 cm³/mol. The summed E-state index contributed by atoms with van der Waals surface area (Å²) in [7, 11) is 0. The molecular weight excluding hydrogens is 178 g/mol. The second-order valence-electron chi connectivity index (χ2n) is 4.73. The first-order valence-electron chi connectivity index (χ1n) is 5.67. The van der Waals surface area contributed by atoms with Crippen molar-refractivity contribution in [2.45, 2.75) is 51.1 Å². The third kappa shape index (κ3) is 1.78. The topological polar surface area (TPSA) is 40.5 Å². The molecule has 0 aromatic rings. The van der Waals surface area contributed by atoms with Gasteiger partial charge in [-0.25, -0.2) is 0 Å². The zero-order valence-electron chi connectivity index (χ0n) is 8.78. The molecule has 0 spiro atoms. The summed E-state index contributed by atoms with van der Waals surface area (Å²) in [5, 5.41) is 8.93. The molecule has 3 heteroatoms. The molecule has 2 aliphatic rings. The lowest BCUT2D eigenvalue weighted by Gasteiger charge is -2.45. The van der Waals surface area contributed by atoms with Crippen molar-refractivity contribution >= 4 is 5.97 Å². The van der Waals surface area contributed by atoms with Crippen LogP contribution in [0.1, 0.15) is 39.0 Å². The van der Waals surface area contributed by atoms with Crippen molar-refractivity contribution in [3.05, 3.63) is 0 Å². The maximum Gasteiger partial charge on any atom is 0.306 e. The number of hydrogen-bond acceptors (Lipinski definition) is 2. The van der Waals surface area contributed by atoms with Crippen LogP contribution in [0.5, 0.6) is 0 Å². The van der Waals surface area contributed by atoms with Gasteiger partial charge in [-0.1, -0.05) is 6.42 Å². The lowest BCUT2D eigenvalue weighted by atomic mass is 9.85. The number of piperidine rings is 1. The fourth-order valence-corrected chi connectivity index (χ4v) is 2.68. The highest BCUT2D eigenvalue weighted by molar-refractivity contribution is 5.70. The Bertz CT molecular complexity index is 225. The van der Waals surface area contributed by atoms with Gasteiger partial charge in [0.15, 0.2) is 0 Å². The molecule has 80 valence electrons. The Labute approximate surface area is 85.1 Å². The number of rotatable bonds is 2. The van der Waals surface area contributed by atoms with E-state index in [1.165, 1.54) is 19.3 Å². The van der Waals surface area contributed by atoms with Gasteiger partial charge >= 0.3 is 5.97 Å². The largest absolute Gasteiger partial charge is 0.481 e. The van der Waals surface area contributed by atoms with Gasteiger partial charge in [-0.15, -0.1) is 0 Å². The van der Waals surface area contributed by atoms with Crippen LogP contribution < -0.4 is 0 Å². The molecule has 0 radical (unpaired) electrons. The van der Waals surface area contributed by atoms with Crippen molar-refractivity contribution in [1.82, 2.24) is 4.90 Å². The first-order chi connectivity index (χ1) is 6.68. The van der Waals surface area contributed by atoms with E-state index in [4.69, 9.17) is 5.11 Å². The summed E-state index contributed by atoms with van der Waals surface area (Å²) in [5.41, 5.74) is 0. The Morgan fingerprint density at radius 2 is 2.07 bits per heavy atom. The summed E-state index contributed by atoms with van der Waals surface area (Å²) >= 11 is 0. The van der Waals surface area contributed by atoms with Gasteiger partial charge in [-0.3, -0.25) is 9.69 Å². The normalized spacial score (nSPS) is 35.2. The van der Waals surface area contributed by atoms with Crippen molar-refractivity contribution in [3.63, 3.8) is 0 Å². The highest BCUT2D eigenvalue weighted by Crippen LogP contribution is 2.32. The molecule has 2 atom stereocenters. The molecule has 0 bridgehead atoms. The summed E-state index contributed by atoms with van der Waals surface area (Å²) in [6.45, 7) is 3.16. The van der Waals surface area contributed by atoms with E-state index in [9.17, 15) is 4.79 Å². The van der Waals surface area contributed by atoms with Crippen LogP contribution in [0.15, 0.2) is 0 Å². The van der Waals surface area contributed by atoms with E-state index in [2.05, 4.69) is 11.8 Å². The SMILES string of the molecule is CC1CC(C(=O)O)CCN1C1CCC1. The predicted octanol–water partition coefficient (Wildman–Crippen LogP) is 1.72. The van der Waals surface area contributed by atoms with E-state index in [0.29, 0.717) is 6.04 Å². The zero-order chi connectivity index (χ0) is 10.1. The smallest absolute Gasteiger partial charge is 0.306 e. The minimum absolute atomic E-state index is 0.0960. The maximum atomic E-state index is 10.8.